The van der Waals surface area contributed by atoms with Crippen molar-refractivity contribution in [3.63, 3.8) is 0 Å². The first-order chi connectivity index (χ1) is 6.66. The van der Waals surface area contributed by atoms with Crippen molar-refractivity contribution in [2.75, 3.05) is 33.7 Å². The maximum absolute atomic E-state index is 7.94. The first-order valence-corrected chi connectivity index (χ1v) is 5.65. The summed E-state index contributed by atoms with van der Waals surface area (Å²) in [5.74, 6) is 2.25. The number of amidine groups is 1. The van der Waals surface area contributed by atoms with Crippen LogP contribution < -0.4 is 0 Å². The predicted molar refractivity (Wildman–Crippen MR) is 58.7 cm³/mol. The van der Waals surface area contributed by atoms with Crippen LogP contribution in [0.2, 0.25) is 0 Å². The molecular weight excluding hydrogens is 174 g/mol. The average Bonchev–Trinajstić information content (AvgIpc) is 2.91. The molecule has 2 aliphatic rings. The maximum atomic E-state index is 7.94. The lowest BCUT2D eigenvalue weighted by Gasteiger charge is -2.23. The molecule has 0 aromatic rings. The number of rotatable bonds is 3. The van der Waals surface area contributed by atoms with Crippen LogP contribution in [0.5, 0.6) is 0 Å². The fourth-order valence-corrected chi connectivity index (χ4v) is 2.33. The van der Waals surface area contributed by atoms with Gasteiger partial charge in [-0.2, -0.15) is 0 Å². The van der Waals surface area contributed by atoms with Gasteiger partial charge in [-0.1, -0.05) is 0 Å². The molecule has 1 saturated heterocycles. The summed E-state index contributed by atoms with van der Waals surface area (Å²) in [6, 6.07) is 0. The lowest BCUT2D eigenvalue weighted by Crippen LogP contribution is -2.33. The van der Waals surface area contributed by atoms with Crippen LogP contribution in [0.1, 0.15) is 19.3 Å². The van der Waals surface area contributed by atoms with Gasteiger partial charge >= 0.3 is 0 Å². The second-order valence-corrected chi connectivity index (χ2v) is 4.96. The molecule has 3 heteroatoms. The molecule has 1 atom stereocenters. The molecule has 80 valence electrons. The summed E-state index contributed by atoms with van der Waals surface area (Å²) in [4.78, 5) is 4.56. The topological polar surface area (TPSA) is 30.3 Å². The van der Waals surface area contributed by atoms with Crippen molar-refractivity contribution in [1.82, 2.24) is 9.80 Å². The Morgan fingerprint density at radius 2 is 2.14 bits per heavy atom. The van der Waals surface area contributed by atoms with E-state index in [1.807, 2.05) is 0 Å². The molecule has 0 bridgehead atoms. The lowest BCUT2D eigenvalue weighted by atomic mass is 10.1. The molecule has 2 rings (SSSR count). The van der Waals surface area contributed by atoms with Gasteiger partial charge in [0.15, 0.2) is 0 Å². The van der Waals surface area contributed by atoms with E-state index in [0.717, 1.165) is 18.3 Å². The summed E-state index contributed by atoms with van der Waals surface area (Å²) in [5, 5.41) is 7.94. The second kappa shape index (κ2) is 3.89. The number of nitrogens with zero attached hydrogens (tertiary/aromatic N) is 2. The quantitative estimate of drug-likeness (QED) is 0.543. The lowest BCUT2D eigenvalue weighted by molar-refractivity contribution is 0.351. The molecule has 0 radical (unpaired) electrons. The van der Waals surface area contributed by atoms with Gasteiger partial charge in [0.25, 0.3) is 0 Å². The van der Waals surface area contributed by atoms with Gasteiger partial charge in [0.05, 0.1) is 5.84 Å². The van der Waals surface area contributed by atoms with Crippen molar-refractivity contribution < 1.29 is 0 Å². The normalized spacial score (nSPS) is 28.0. The third-order valence-electron chi connectivity index (χ3n) is 3.40. The summed E-state index contributed by atoms with van der Waals surface area (Å²) in [5.41, 5.74) is 0. The van der Waals surface area contributed by atoms with E-state index in [4.69, 9.17) is 5.41 Å². The smallest absolute Gasteiger partial charge is 0.0986 e. The summed E-state index contributed by atoms with van der Waals surface area (Å²) >= 11 is 0. The highest BCUT2D eigenvalue weighted by Gasteiger charge is 2.30. The zero-order valence-corrected chi connectivity index (χ0v) is 9.29. The Labute approximate surface area is 86.6 Å². The van der Waals surface area contributed by atoms with E-state index < -0.39 is 0 Å². The highest BCUT2D eigenvalue weighted by Crippen LogP contribution is 2.31. The van der Waals surface area contributed by atoms with E-state index in [-0.39, 0.29) is 0 Å². The number of hydrogen-bond acceptors (Lipinski definition) is 2. The second-order valence-electron chi connectivity index (χ2n) is 4.96. The predicted octanol–water partition coefficient (Wildman–Crippen LogP) is 1.26. The Kier molecular flexibility index (Phi) is 2.77. The number of likely N-dealkylation sites (tertiary alicyclic amines) is 1. The van der Waals surface area contributed by atoms with Gasteiger partial charge in [0, 0.05) is 26.1 Å². The van der Waals surface area contributed by atoms with Crippen LogP contribution in [-0.4, -0.2) is 49.4 Å². The highest BCUT2D eigenvalue weighted by atomic mass is 15.2. The van der Waals surface area contributed by atoms with Gasteiger partial charge in [-0.05, 0) is 38.8 Å². The van der Waals surface area contributed by atoms with Crippen molar-refractivity contribution in [2.45, 2.75) is 19.3 Å². The molecule has 1 saturated carbocycles. The van der Waals surface area contributed by atoms with Gasteiger partial charge in [-0.25, -0.2) is 0 Å². The van der Waals surface area contributed by atoms with Gasteiger partial charge in [-0.15, -0.1) is 0 Å². The third kappa shape index (κ3) is 2.27. The monoisotopic (exact) mass is 195 g/mol. The number of nitrogens with one attached hydrogen (secondary N) is 1. The molecule has 0 aromatic carbocycles. The van der Waals surface area contributed by atoms with E-state index in [2.05, 4.69) is 23.9 Å². The Morgan fingerprint density at radius 3 is 2.64 bits per heavy atom. The molecule has 14 heavy (non-hydrogen) atoms. The van der Waals surface area contributed by atoms with E-state index in [1.54, 1.807) is 0 Å². The molecule has 1 N–H and O–H groups in total. The van der Waals surface area contributed by atoms with Crippen molar-refractivity contribution in [3.05, 3.63) is 0 Å². The molecule has 2 fully saturated rings. The molecule has 3 nitrogen and oxygen atoms in total. The van der Waals surface area contributed by atoms with Gasteiger partial charge in [0.2, 0.25) is 0 Å². The zero-order chi connectivity index (χ0) is 10.1. The van der Waals surface area contributed by atoms with Gasteiger partial charge < -0.3 is 9.80 Å². The van der Waals surface area contributed by atoms with Crippen molar-refractivity contribution in [3.8, 4) is 0 Å². The van der Waals surface area contributed by atoms with Crippen molar-refractivity contribution in [2.24, 2.45) is 11.8 Å². The van der Waals surface area contributed by atoms with E-state index in [1.165, 1.54) is 32.4 Å². The molecule has 0 spiro atoms. The maximum Gasteiger partial charge on any atom is 0.0986 e. The Balaban J connectivity index is 1.76. The van der Waals surface area contributed by atoms with Crippen LogP contribution in [0.15, 0.2) is 0 Å². The van der Waals surface area contributed by atoms with E-state index in [9.17, 15) is 0 Å². The SMILES string of the molecule is CN1CCC(CN(C)C(=N)C2CC2)C1. The fourth-order valence-electron chi connectivity index (χ4n) is 2.33. The van der Waals surface area contributed by atoms with Crippen molar-refractivity contribution in [1.29, 1.82) is 5.41 Å². The largest absolute Gasteiger partial charge is 0.363 e. The minimum atomic E-state index is 0.596. The van der Waals surface area contributed by atoms with E-state index >= 15 is 0 Å². The molecule has 1 unspecified atom stereocenters. The van der Waals surface area contributed by atoms with Crippen LogP contribution >= 0.6 is 0 Å². The van der Waals surface area contributed by atoms with Gasteiger partial charge in [0.1, 0.15) is 0 Å². The standard InChI is InChI=1S/C11H21N3/c1-13-6-5-9(7-13)8-14(2)11(12)10-3-4-10/h9-10,12H,3-8H2,1-2H3. The van der Waals surface area contributed by atoms with Crippen molar-refractivity contribution >= 4 is 5.84 Å². The van der Waals surface area contributed by atoms with Crippen LogP contribution in [0.4, 0.5) is 0 Å². The fraction of sp³-hybridized carbons (Fsp3) is 0.909. The molecule has 1 aliphatic heterocycles. The molecule has 0 amide bonds. The first kappa shape index (κ1) is 9.97. The Hall–Kier alpha value is -0.570. The molecule has 1 heterocycles. The molecule has 1 aliphatic carbocycles. The highest BCUT2D eigenvalue weighted by molar-refractivity contribution is 5.83. The summed E-state index contributed by atoms with van der Waals surface area (Å²) in [7, 11) is 4.27. The van der Waals surface area contributed by atoms with Crippen LogP contribution in [0.3, 0.4) is 0 Å². The van der Waals surface area contributed by atoms with E-state index in [0.29, 0.717) is 5.92 Å². The molecule has 0 aromatic heterocycles. The van der Waals surface area contributed by atoms with Gasteiger partial charge in [-0.3, -0.25) is 5.41 Å². The summed E-state index contributed by atoms with van der Waals surface area (Å²) in [6.45, 7) is 3.53. The van der Waals surface area contributed by atoms with Crippen LogP contribution in [0.25, 0.3) is 0 Å². The minimum Gasteiger partial charge on any atom is -0.363 e. The summed E-state index contributed by atoms with van der Waals surface area (Å²) in [6.07, 6.45) is 3.79. The Bertz CT molecular complexity index is 223. The Morgan fingerprint density at radius 1 is 1.43 bits per heavy atom. The first-order valence-electron chi connectivity index (χ1n) is 5.65. The number of hydrogen-bond donors (Lipinski definition) is 1. The zero-order valence-electron chi connectivity index (χ0n) is 9.29. The average molecular weight is 195 g/mol. The minimum absolute atomic E-state index is 0.596. The summed E-state index contributed by atoms with van der Waals surface area (Å²) < 4.78 is 0. The molecular formula is C11H21N3. The van der Waals surface area contributed by atoms with Crippen LogP contribution in [-0.2, 0) is 0 Å². The van der Waals surface area contributed by atoms with Crippen LogP contribution in [0, 0.1) is 17.2 Å². The third-order valence-corrected chi connectivity index (χ3v) is 3.40.